The van der Waals surface area contributed by atoms with Gasteiger partial charge in [0.15, 0.2) is 5.13 Å². The second-order valence-electron chi connectivity index (χ2n) is 10.9. The number of nitrogens with zero attached hydrogens (tertiary/aromatic N) is 4. The van der Waals surface area contributed by atoms with Crippen LogP contribution in [0.3, 0.4) is 0 Å². The fourth-order valence-corrected chi connectivity index (χ4v) is 6.70. The number of morpholine rings is 1. The number of ether oxygens (including phenoxy) is 2. The number of amides is 1. The summed E-state index contributed by atoms with van der Waals surface area (Å²) in [7, 11) is 0. The molecule has 39 heavy (non-hydrogen) atoms. The number of hydrogen-bond acceptors (Lipinski definition) is 10. The molecule has 2 saturated heterocycles. The molecule has 0 unspecified atom stereocenters. The summed E-state index contributed by atoms with van der Waals surface area (Å²) in [5, 5.41) is 17.7. The molecule has 0 spiro atoms. The Morgan fingerprint density at radius 2 is 1.82 bits per heavy atom. The Bertz CT molecular complexity index is 1320. The van der Waals surface area contributed by atoms with E-state index in [0.717, 1.165) is 78.0 Å². The number of thiazole rings is 1. The molecular formula is C28H36N6O4S. The molecule has 4 heterocycles. The van der Waals surface area contributed by atoms with Crippen LogP contribution in [0, 0.1) is 0 Å². The molecule has 2 aliphatic heterocycles. The third-order valence-corrected chi connectivity index (χ3v) is 8.45. The number of aromatic nitrogens is 2. The summed E-state index contributed by atoms with van der Waals surface area (Å²) >= 11 is 1.53. The highest BCUT2D eigenvalue weighted by atomic mass is 32.1. The normalized spacial score (nSPS) is 26.1. The Morgan fingerprint density at radius 3 is 2.56 bits per heavy atom. The third kappa shape index (κ3) is 6.27. The van der Waals surface area contributed by atoms with E-state index in [9.17, 15) is 9.90 Å². The van der Waals surface area contributed by atoms with Crippen molar-refractivity contribution in [2.24, 2.45) is 0 Å². The van der Waals surface area contributed by atoms with Crippen LogP contribution in [-0.4, -0.2) is 76.7 Å². The number of nitrogens with one attached hydrogen (secondary N) is 2. The molecule has 208 valence electrons. The highest BCUT2D eigenvalue weighted by Crippen LogP contribution is 2.33. The van der Waals surface area contributed by atoms with Gasteiger partial charge in [0.2, 0.25) is 0 Å². The highest BCUT2D eigenvalue weighted by molar-refractivity contribution is 7.22. The van der Waals surface area contributed by atoms with E-state index in [1.807, 2.05) is 18.2 Å². The monoisotopic (exact) mass is 552 g/mol. The third-order valence-electron chi connectivity index (χ3n) is 7.51. The zero-order valence-corrected chi connectivity index (χ0v) is 23.2. The molecule has 1 saturated carbocycles. The van der Waals surface area contributed by atoms with Gasteiger partial charge >= 0.3 is 6.09 Å². The maximum absolute atomic E-state index is 12.0. The van der Waals surface area contributed by atoms with Crippen LogP contribution in [0.25, 0.3) is 10.2 Å². The Labute approximate surface area is 232 Å². The zero-order valence-electron chi connectivity index (χ0n) is 22.4. The number of cyclic esters (lactones) is 1. The van der Waals surface area contributed by atoms with Gasteiger partial charge in [-0.2, -0.15) is 0 Å². The van der Waals surface area contributed by atoms with Gasteiger partial charge in [0.05, 0.1) is 35.1 Å². The molecule has 3 aliphatic rings. The number of hydrogen-bond donors (Lipinski definition) is 3. The van der Waals surface area contributed by atoms with E-state index >= 15 is 0 Å². The van der Waals surface area contributed by atoms with Crippen molar-refractivity contribution in [3.63, 3.8) is 0 Å². The second-order valence-corrected chi connectivity index (χ2v) is 11.9. The number of pyridine rings is 1. The number of fused-ring (bicyclic) bond motifs is 1. The lowest BCUT2D eigenvalue weighted by Crippen LogP contribution is -2.44. The SMILES string of the molecule is C[C@@H]1CN(Cc2cc(Nc3nc4ccc(N5CCOC5=O)cc4s3)nc(NC3CCC(O)CC3)c2)C[C@H](C)O1. The highest BCUT2D eigenvalue weighted by Gasteiger charge is 2.25. The van der Waals surface area contributed by atoms with Gasteiger partial charge in [-0.25, -0.2) is 14.8 Å². The minimum Gasteiger partial charge on any atom is -0.447 e. The number of rotatable bonds is 7. The second kappa shape index (κ2) is 11.2. The van der Waals surface area contributed by atoms with Crippen molar-refractivity contribution in [3.8, 4) is 0 Å². The Hall–Kier alpha value is -2.99. The minimum absolute atomic E-state index is 0.194. The molecule has 1 aliphatic carbocycles. The molecule has 1 amide bonds. The van der Waals surface area contributed by atoms with Crippen molar-refractivity contribution in [1.29, 1.82) is 0 Å². The molecule has 0 radical (unpaired) electrons. The van der Waals surface area contributed by atoms with Gasteiger partial charge in [0.25, 0.3) is 0 Å². The molecule has 0 bridgehead atoms. The van der Waals surface area contributed by atoms with Crippen LogP contribution in [0.1, 0.15) is 45.1 Å². The Kier molecular flexibility index (Phi) is 7.57. The average Bonchev–Trinajstić information content (AvgIpc) is 3.49. The lowest BCUT2D eigenvalue weighted by molar-refractivity contribution is -0.0704. The van der Waals surface area contributed by atoms with Crippen LogP contribution in [0.4, 0.5) is 27.2 Å². The number of carbonyl (C=O) groups is 1. The fraction of sp³-hybridized carbons (Fsp3) is 0.536. The first kappa shape index (κ1) is 26.2. The smallest absolute Gasteiger partial charge is 0.414 e. The summed E-state index contributed by atoms with van der Waals surface area (Å²) in [6.07, 6.45) is 3.39. The van der Waals surface area contributed by atoms with Crippen LogP contribution >= 0.6 is 11.3 Å². The first-order chi connectivity index (χ1) is 18.9. The zero-order chi connectivity index (χ0) is 26.9. The summed E-state index contributed by atoms with van der Waals surface area (Å²) in [5.74, 6) is 1.57. The topological polar surface area (TPSA) is 112 Å². The molecule has 6 rings (SSSR count). The van der Waals surface area contributed by atoms with E-state index in [2.05, 4.69) is 41.5 Å². The lowest BCUT2D eigenvalue weighted by atomic mass is 9.93. The van der Waals surface area contributed by atoms with Gasteiger partial charge < -0.3 is 25.2 Å². The van der Waals surface area contributed by atoms with Crippen LogP contribution in [-0.2, 0) is 16.0 Å². The van der Waals surface area contributed by atoms with Gasteiger partial charge in [0.1, 0.15) is 18.2 Å². The Balaban J connectivity index is 1.24. The maximum atomic E-state index is 12.0. The van der Waals surface area contributed by atoms with Crippen molar-refractivity contribution in [3.05, 3.63) is 35.9 Å². The number of benzene rings is 1. The quantitative estimate of drug-likeness (QED) is 0.383. The van der Waals surface area contributed by atoms with E-state index in [4.69, 9.17) is 19.4 Å². The number of carbonyl (C=O) groups excluding carboxylic acids is 1. The van der Waals surface area contributed by atoms with Crippen molar-refractivity contribution in [2.75, 3.05) is 41.8 Å². The summed E-state index contributed by atoms with van der Waals surface area (Å²) in [6.45, 7) is 7.81. The lowest BCUT2D eigenvalue weighted by Gasteiger charge is -2.35. The fourth-order valence-electron chi connectivity index (χ4n) is 5.79. The average molecular weight is 553 g/mol. The number of aliphatic hydroxyl groups is 1. The largest absolute Gasteiger partial charge is 0.447 e. The van der Waals surface area contributed by atoms with Crippen LogP contribution in [0.2, 0.25) is 0 Å². The molecule has 3 fully saturated rings. The molecule has 10 nitrogen and oxygen atoms in total. The van der Waals surface area contributed by atoms with Crippen molar-refractivity contribution in [2.45, 2.75) is 70.4 Å². The van der Waals surface area contributed by atoms with Gasteiger partial charge in [-0.3, -0.25) is 9.80 Å². The molecule has 2 aromatic heterocycles. The van der Waals surface area contributed by atoms with Crippen LogP contribution in [0.5, 0.6) is 0 Å². The standard InChI is InChI=1S/C28H36N6O4S/c1-17-14-33(15-18(2)38-17)16-19-11-25(29-20-3-6-22(35)7-4-20)31-26(12-19)32-27-30-23-8-5-21(13-24(23)39-27)34-9-10-37-28(34)36/h5,8,11-13,17-18,20,22,35H,3-4,6-7,9-10,14-16H2,1-2H3,(H2,29,30,31,32)/t17-,18+,20?,22?. The van der Waals surface area contributed by atoms with E-state index in [-0.39, 0.29) is 24.4 Å². The van der Waals surface area contributed by atoms with Crippen molar-refractivity contribution >= 4 is 50.1 Å². The minimum atomic E-state index is -0.310. The predicted octanol–water partition coefficient (Wildman–Crippen LogP) is 4.72. The van der Waals surface area contributed by atoms with E-state index in [1.165, 1.54) is 16.9 Å². The predicted molar refractivity (Wildman–Crippen MR) is 153 cm³/mol. The summed E-state index contributed by atoms with van der Waals surface area (Å²) in [6, 6.07) is 10.4. The van der Waals surface area contributed by atoms with E-state index in [1.54, 1.807) is 4.90 Å². The maximum Gasteiger partial charge on any atom is 0.414 e. The first-order valence-electron chi connectivity index (χ1n) is 13.8. The Morgan fingerprint density at radius 1 is 1.05 bits per heavy atom. The van der Waals surface area contributed by atoms with Gasteiger partial charge in [-0.05, 0) is 75.4 Å². The molecule has 2 atom stereocenters. The van der Waals surface area contributed by atoms with Gasteiger partial charge in [-0.15, -0.1) is 0 Å². The van der Waals surface area contributed by atoms with E-state index < -0.39 is 0 Å². The van der Waals surface area contributed by atoms with Crippen molar-refractivity contribution < 1.29 is 19.4 Å². The summed E-state index contributed by atoms with van der Waals surface area (Å²) in [4.78, 5) is 25.7. The molecule has 1 aromatic carbocycles. The van der Waals surface area contributed by atoms with Crippen molar-refractivity contribution in [1.82, 2.24) is 14.9 Å². The number of aliphatic hydroxyl groups excluding tert-OH is 1. The molecule has 3 aromatic rings. The van der Waals surface area contributed by atoms with E-state index in [0.29, 0.717) is 19.2 Å². The summed E-state index contributed by atoms with van der Waals surface area (Å²) < 4.78 is 12.0. The van der Waals surface area contributed by atoms with Gasteiger partial charge in [-0.1, -0.05) is 11.3 Å². The molecule has 11 heteroatoms. The van der Waals surface area contributed by atoms with Crippen LogP contribution < -0.4 is 15.5 Å². The summed E-state index contributed by atoms with van der Waals surface area (Å²) in [5.41, 5.74) is 2.85. The van der Waals surface area contributed by atoms with Gasteiger partial charge in [0, 0.05) is 31.4 Å². The van der Waals surface area contributed by atoms with Crippen LogP contribution in [0.15, 0.2) is 30.3 Å². The first-order valence-corrected chi connectivity index (χ1v) is 14.6. The molecular weight excluding hydrogens is 516 g/mol. The molecule has 3 N–H and O–H groups in total. The number of anilines is 4.